The Labute approximate surface area is 63.9 Å². The molecule has 0 atom stereocenters. The summed E-state index contributed by atoms with van der Waals surface area (Å²) in [6.45, 7) is -2.01. The number of halogens is 3. The maximum absolute atomic E-state index is 10.6. The van der Waals surface area contributed by atoms with E-state index in [1.165, 1.54) is 0 Å². The zero-order valence-electron chi connectivity index (χ0n) is 5.32. The number of hydrogen-bond donors (Lipinski definition) is 2. The standard InChI is InChI=1S/C2H3F3O.HO5P/c3-1-2(4,5)6;1-6(2)4-3-5-6/h6H,1H2;(H,1,2). The molecule has 6 nitrogen and oxygen atoms in total. The number of hydrogen-bond acceptors (Lipinski definition) is 5. The second-order valence-corrected chi connectivity index (χ2v) is 2.72. The quantitative estimate of drug-likeness (QED) is 0.486. The van der Waals surface area contributed by atoms with E-state index in [0.717, 1.165) is 0 Å². The van der Waals surface area contributed by atoms with Crippen LogP contribution in [0.5, 0.6) is 0 Å². The second kappa shape index (κ2) is 4.17. The molecule has 0 spiro atoms. The van der Waals surface area contributed by atoms with Crippen molar-refractivity contribution in [3.8, 4) is 0 Å². The molecular formula is C2H4F3O6P. The van der Waals surface area contributed by atoms with Gasteiger partial charge in [0.1, 0.15) is 0 Å². The molecule has 10 heteroatoms. The predicted octanol–water partition coefficient (Wildman–Crippen LogP) is 0.521. The molecule has 0 unspecified atom stereocenters. The molecule has 74 valence electrons. The molecule has 1 aliphatic heterocycles. The van der Waals surface area contributed by atoms with Crippen LogP contribution in [0.1, 0.15) is 0 Å². The van der Waals surface area contributed by atoms with Gasteiger partial charge in [-0.15, -0.1) is 0 Å². The van der Waals surface area contributed by atoms with Crippen LogP contribution < -0.4 is 0 Å². The largest absolute Gasteiger partial charge is 0.531 e. The summed E-state index contributed by atoms with van der Waals surface area (Å²) >= 11 is 0. The Kier molecular flexibility index (Phi) is 4.11. The summed E-state index contributed by atoms with van der Waals surface area (Å²) in [6, 6.07) is 0. The highest BCUT2D eigenvalue weighted by molar-refractivity contribution is 7.47. The molecule has 0 radical (unpaired) electrons. The Bertz CT molecular complexity index is 170. The summed E-state index contributed by atoms with van der Waals surface area (Å²) in [5.74, 6) is 0. The second-order valence-electron chi connectivity index (χ2n) is 1.49. The van der Waals surface area contributed by atoms with Crippen LogP contribution in [0.4, 0.5) is 13.2 Å². The minimum Gasteiger partial charge on any atom is -0.334 e. The molecule has 1 rings (SSSR count). The van der Waals surface area contributed by atoms with E-state index in [9.17, 15) is 17.7 Å². The lowest BCUT2D eigenvalue weighted by Crippen LogP contribution is -2.15. The molecule has 1 heterocycles. The normalized spacial score (nSPS) is 20.4. The van der Waals surface area contributed by atoms with Crippen molar-refractivity contribution in [1.82, 2.24) is 0 Å². The van der Waals surface area contributed by atoms with E-state index in [0.29, 0.717) is 0 Å². The lowest BCUT2D eigenvalue weighted by molar-refractivity contribution is -0.498. The molecule has 0 aromatic rings. The lowest BCUT2D eigenvalue weighted by Gasteiger charge is -2.13. The average molecular weight is 212 g/mol. The summed E-state index contributed by atoms with van der Waals surface area (Å²) in [5.41, 5.74) is 0. The van der Waals surface area contributed by atoms with E-state index >= 15 is 0 Å². The fourth-order valence-corrected chi connectivity index (χ4v) is 0.247. The van der Waals surface area contributed by atoms with E-state index in [2.05, 4.69) is 14.4 Å². The third-order valence-corrected chi connectivity index (χ3v) is 0.908. The number of alkyl halides is 3. The van der Waals surface area contributed by atoms with E-state index in [4.69, 9.17) is 10.00 Å². The Morgan fingerprint density at radius 3 is 1.67 bits per heavy atom. The first-order valence-corrected chi connectivity index (χ1v) is 3.80. The highest BCUT2D eigenvalue weighted by Crippen LogP contribution is 2.52. The summed E-state index contributed by atoms with van der Waals surface area (Å²) in [7, 11) is -3.69. The topological polar surface area (TPSA) is 85.2 Å². The molecule has 1 saturated heterocycles. The molecule has 0 amide bonds. The Morgan fingerprint density at radius 2 is 1.67 bits per heavy atom. The van der Waals surface area contributed by atoms with Gasteiger partial charge in [-0.05, 0) is 5.04 Å². The molecule has 1 fully saturated rings. The zero-order chi connectivity index (χ0) is 9.83. The predicted molar refractivity (Wildman–Crippen MR) is 26.2 cm³/mol. The van der Waals surface area contributed by atoms with Crippen molar-refractivity contribution in [3.05, 3.63) is 0 Å². The molecule has 12 heavy (non-hydrogen) atoms. The average Bonchev–Trinajstić information content (AvgIpc) is 1.85. The third kappa shape index (κ3) is 6.53. The van der Waals surface area contributed by atoms with Gasteiger partial charge >= 0.3 is 13.9 Å². The monoisotopic (exact) mass is 212 g/mol. The van der Waals surface area contributed by atoms with Gasteiger partial charge < -0.3 is 5.11 Å². The first-order chi connectivity index (χ1) is 5.27. The van der Waals surface area contributed by atoms with Crippen LogP contribution in [0.3, 0.4) is 0 Å². The van der Waals surface area contributed by atoms with Crippen molar-refractivity contribution in [2.24, 2.45) is 0 Å². The summed E-state index contributed by atoms with van der Waals surface area (Å²) in [6.07, 6.45) is -4.12. The van der Waals surface area contributed by atoms with Crippen LogP contribution in [-0.2, 0) is 19.0 Å². The molecule has 0 aliphatic carbocycles. The van der Waals surface area contributed by atoms with Gasteiger partial charge in [-0.3, -0.25) is 4.89 Å². The van der Waals surface area contributed by atoms with Gasteiger partial charge in [0.25, 0.3) is 0 Å². The number of phosphoric acid groups is 1. The van der Waals surface area contributed by atoms with Gasteiger partial charge in [0, 0.05) is 0 Å². The molecule has 0 saturated carbocycles. The first-order valence-electron chi connectivity index (χ1n) is 2.30. The van der Waals surface area contributed by atoms with Crippen LogP contribution in [0.2, 0.25) is 0 Å². The van der Waals surface area contributed by atoms with Gasteiger partial charge in [0.2, 0.25) is 0 Å². The van der Waals surface area contributed by atoms with E-state index < -0.39 is 20.6 Å². The smallest absolute Gasteiger partial charge is 0.334 e. The zero-order valence-corrected chi connectivity index (χ0v) is 6.21. The third-order valence-electron chi connectivity index (χ3n) is 0.410. The van der Waals surface area contributed by atoms with Gasteiger partial charge in [0.15, 0.2) is 6.67 Å². The van der Waals surface area contributed by atoms with Gasteiger partial charge in [-0.2, -0.15) is 8.78 Å². The van der Waals surface area contributed by atoms with Gasteiger partial charge in [0.05, 0.1) is 0 Å². The minimum absolute atomic E-state index is 2.01. The highest BCUT2D eigenvalue weighted by atomic mass is 31.2. The molecule has 0 aromatic heterocycles. The van der Waals surface area contributed by atoms with Crippen molar-refractivity contribution in [3.63, 3.8) is 0 Å². The summed E-state index contributed by atoms with van der Waals surface area (Å²) in [4.78, 5) is 7.90. The summed E-state index contributed by atoms with van der Waals surface area (Å²) in [5, 5.41) is 10.5. The first kappa shape index (κ1) is 11.8. The fraction of sp³-hybridized carbons (Fsp3) is 1.00. The van der Waals surface area contributed by atoms with E-state index in [-0.39, 0.29) is 0 Å². The molecule has 0 bridgehead atoms. The summed E-state index contributed by atoms with van der Waals surface area (Å²) < 4.78 is 48.4. The van der Waals surface area contributed by atoms with Gasteiger partial charge in [-0.25, -0.2) is 8.96 Å². The van der Waals surface area contributed by atoms with Crippen molar-refractivity contribution in [2.75, 3.05) is 6.67 Å². The van der Waals surface area contributed by atoms with Crippen molar-refractivity contribution in [2.45, 2.75) is 6.11 Å². The van der Waals surface area contributed by atoms with Crippen molar-refractivity contribution in [1.29, 1.82) is 0 Å². The van der Waals surface area contributed by atoms with Crippen molar-refractivity contribution >= 4 is 7.82 Å². The number of aliphatic hydroxyl groups is 1. The molecule has 1 aliphatic rings. The van der Waals surface area contributed by atoms with Crippen LogP contribution in [-0.4, -0.2) is 22.8 Å². The van der Waals surface area contributed by atoms with Crippen molar-refractivity contribution < 1.29 is 42.1 Å². The van der Waals surface area contributed by atoms with Gasteiger partial charge in [-0.1, -0.05) is 9.35 Å². The molecule has 2 N–H and O–H groups in total. The molecular weight excluding hydrogens is 208 g/mol. The Balaban J connectivity index is 0.000000202. The van der Waals surface area contributed by atoms with Crippen LogP contribution in [0, 0.1) is 0 Å². The SMILES string of the molecule is O=P1(O)OOO1.OC(F)(F)CF. The Hall–Kier alpha value is -0.180. The lowest BCUT2D eigenvalue weighted by atomic mass is 10.7. The van der Waals surface area contributed by atoms with Crippen LogP contribution >= 0.6 is 7.82 Å². The molecule has 0 aromatic carbocycles. The maximum atomic E-state index is 10.6. The minimum atomic E-state index is -4.12. The highest BCUT2D eigenvalue weighted by Gasteiger charge is 2.35. The maximum Gasteiger partial charge on any atom is 0.531 e. The van der Waals surface area contributed by atoms with Crippen LogP contribution in [0.15, 0.2) is 0 Å². The fourth-order valence-electron chi connectivity index (χ4n) is 0.0825. The van der Waals surface area contributed by atoms with E-state index in [1.54, 1.807) is 0 Å². The van der Waals surface area contributed by atoms with Crippen LogP contribution in [0.25, 0.3) is 0 Å². The Morgan fingerprint density at radius 1 is 1.42 bits per heavy atom. The van der Waals surface area contributed by atoms with E-state index in [1.807, 2.05) is 0 Å². The number of rotatable bonds is 1.